The predicted molar refractivity (Wildman–Crippen MR) is 87.5 cm³/mol. The van der Waals surface area contributed by atoms with Crippen LogP contribution in [0.5, 0.6) is 0 Å². The molecular formula is C18H24N2O2. The zero-order valence-electron chi connectivity index (χ0n) is 13.4. The number of urea groups is 1. The van der Waals surface area contributed by atoms with Crippen LogP contribution in [0.15, 0.2) is 47.1 Å². The van der Waals surface area contributed by atoms with Crippen LogP contribution in [-0.2, 0) is 13.0 Å². The molecule has 1 aromatic heterocycles. The molecule has 0 bridgehead atoms. The number of nitrogens with one attached hydrogen (secondary N) is 2. The van der Waals surface area contributed by atoms with Gasteiger partial charge in [0.25, 0.3) is 0 Å². The lowest BCUT2D eigenvalue weighted by Crippen LogP contribution is -2.39. The summed E-state index contributed by atoms with van der Waals surface area (Å²) in [7, 11) is 0. The summed E-state index contributed by atoms with van der Waals surface area (Å²) in [6.45, 7) is 6.73. The monoisotopic (exact) mass is 300 g/mol. The van der Waals surface area contributed by atoms with E-state index >= 15 is 0 Å². The number of hydrogen-bond donors (Lipinski definition) is 2. The van der Waals surface area contributed by atoms with E-state index in [2.05, 4.69) is 55.7 Å². The van der Waals surface area contributed by atoms with Gasteiger partial charge in [-0.2, -0.15) is 0 Å². The van der Waals surface area contributed by atoms with Crippen molar-refractivity contribution in [1.82, 2.24) is 10.6 Å². The van der Waals surface area contributed by atoms with Crippen LogP contribution in [0.1, 0.15) is 43.7 Å². The van der Waals surface area contributed by atoms with Gasteiger partial charge in [0.1, 0.15) is 5.76 Å². The first kappa shape index (κ1) is 16.1. The second-order valence-corrected chi connectivity index (χ2v) is 5.72. The minimum atomic E-state index is -0.185. The van der Waals surface area contributed by atoms with Gasteiger partial charge in [0.15, 0.2) is 0 Å². The first-order valence-electron chi connectivity index (χ1n) is 7.75. The van der Waals surface area contributed by atoms with Gasteiger partial charge in [-0.25, -0.2) is 4.79 Å². The fourth-order valence-corrected chi connectivity index (χ4v) is 2.37. The highest BCUT2D eigenvalue weighted by molar-refractivity contribution is 5.74. The fourth-order valence-electron chi connectivity index (χ4n) is 2.37. The molecule has 4 nitrogen and oxygen atoms in total. The van der Waals surface area contributed by atoms with Gasteiger partial charge in [0.2, 0.25) is 0 Å². The number of carbonyl (C=O) groups excluding carboxylic acids is 1. The molecular weight excluding hydrogens is 276 g/mol. The molecule has 1 heterocycles. The van der Waals surface area contributed by atoms with Gasteiger partial charge in [0, 0.05) is 0 Å². The third-order valence-electron chi connectivity index (χ3n) is 3.70. The molecule has 0 aliphatic rings. The van der Waals surface area contributed by atoms with Crippen molar-refractivity contribution in [2.75, 3.05) is 0 Å². The van der Waals surface area contributed by atoms with Crippen molar-refractivity contribution < 1.29 is 9.21 Å². The molecule has 4 heteroatoms. The summed E-state index contributed by atoms with van der Waals surface area (Å²) in [4.78, 5) is 12.1. The van der Waals surface area contributed by atoms with Gasteiger partial charge in [-0.1, -0.05) is 45.0 Å². The molecule has 0 aliphatic heterocycles. The summed E-state index contributed by atoms with van der Waals surface area (Å²) in [5.74, 6) is 1.05. The fraction of sp³-hybridized carbons (Fsp3) is 0.389. The third-order valence-corrected chi connectivity index (χ3v) is 3.70. The topological polar surface area (TPSA) is 54.3 Å². The summed E-state index contributed by atoms with van der Waals surface area (Å²) in [6.07, 6.45) is 2.62. The molecule has 0 aliphatic carbocycles. The maximum absolute atomic E-state index is 12.1. The Bertz CT molecular complexity index is 574. The minimum Gasteiger partial charge on any atom is -0.467 e. The highest BCUT2D eigenvalue weighted by Crippen LogP contribution is 2.22. The quantitative estimate of drug-likeness (QED) is 0.846. The Morgan fingerprint density at radius 3 is 2.45 bits per heavy atom. The Hall–Kier alpha value is -2.23. The lowest BCUT2D eigenvalue weighted by atomic mass is 9.95. The molecule has 0 spiro atoms. The van der Waals surface area contributed by atoms with Gasteiger partial charge in [-0.05, 0) is 35.6 Å². The van der Waals surface area contributed by atoms with E-state index in [1.807, 2.05) is 6.07 Å². The number of hydrogen-bond acceptors (Lipinski definition) is 2. The van der Waals surface area contributed by atoms with Crippen LogP contribution in [0.4, 0.5) is 4.79 Å². The van der Waals surface area contributed by atoms with Gasteiger partial charge >= 0.3 is 6.03 Å². The molecule has 0 saturated heterocycles. The van der Waals surface area contributed by atoms with Crippen molar-refractivity contribution in [1.29, 1.82) is 0 Å². The Morgan fingerprint density at radius 2 is 1.91 bits per heavy atom. The number of rotatable bonds is 6. The molecule has 2 amide bonds. The average molecular weight is 300 g/mol. The van der Waals surface area contributed by atoms with E-state index in [1.165, 1.54) is 5.56 Å². The minimum absolute atomic E-state index is 0.0116. The molecule has 2 rings (SSSR count). The van der Waals surface area contributed by atoms with E-state index in [4.69, 9.17) is 4.42 Å². The number of benzene rings is 1. The van der Waals surface area contributed by atoms with Crippen LogP contribution in [0, 0.1) is 5.92 Å². The van der Waals surface area contributed by atoms with E-state index in [9.17, 15) is 4.79 Å². The molecule has 1 atom stereocenters. The van der Waals surface area contributed by atoms with Crippen LogP contribution < -0.4 is 10.6 Å². The summed E-state index contributed by atoms with van der Waals surface area (Å²) in [5, 5.41) is 5.86. The van der Waals surface area contributed by atoms with Crippen LogP contribution in [0.2, 0.25) is 0 Å². The zero-order chi connectivity index (χ0) is 15.9. The highest BCUT2D eigenvalue weighted by Gasteiger charge is 2.18. The molecule has 2 aromatic rings. The summed E-state index contributed by atoms with van der Waals surface area (Å²) in [5.41, 5.74) is 2.42. The second kappa shape index (κ2) is 7.69. The first-order valence-corrected chi connectivity index (χ1v) is 7.75. The lowest BCUT2D eigenvalue weighted by Gasteiger charge is -2.23. The van der Waals surface area contributed by atoms with Crippen molar-refractivity contribution in [2.45, 2.75) is 39.8 Å². The maximum atomic E-state index is 12.1. The zero-order valence-corrected chi connectivity index (χ0v) is 13.4. The predicted octanol–water partition coefficient (Wildman–Crippen LogP) is 4.04. The third kappa shape index (κ3) is 4.38. The Balaban J connectivity index is 1.96. The lowest BCUT2D eigenvalue weighted by molar-refractivity contribution is 0.231. The molecule has 2 N–H and O–H groups in total. The summed E-state index contributed by atoms with van der Waals surface area (Å²) in [6, 6.07) is 11.9. The van der Waals surface area contributed by atoms with E-state index in [0.717, 1.165) is 17.7 Å². The molecule has 0 radical (unpaired) electrons. The summed E-state index contributed by atoms with van der Waals surface area (Å²) < 4.78 is 5.20. The average Bonchev–Trinajstić information content (AvgIpc) is 3.04. The van der Waals surface area contributed by atoms with Crippen LogP contribution >= 0.6 is 0 Å². The Morgan fingerprint density at radius 1 is 1.18 bits per heavy atom. The molecule has 0 saturated carbocycles. The highest BCUT2D eigenvalue weighted by atomic mass is 16.3. The van der Waals surface area contributed by atoms with Crippen molar-refractivity contribution in [3.05, 3.63) is 59.5 Å². The molecule has 0 unspecified atom stereocenters. The Labute approximate surface area is 131 Å². The van der Waals surface area contributed by atoms with Crippen molar-refractivity contribution >= 4 is 6.03 Å². The normalized spacial score (nSPS) is 12.2. The smallest absolute Gasteiger partial charge is 0.315 e. The van der Waals surface area contributed by atoms with Crippen LogP contribution in [0.25, 0.3) is 0 Å². The van der Waals surface area contributed by atoms with Gasteiger partial charge < -0.3 is 15.1 Å². The number of aryl methyl sites for hydroxylation is 1. The first-order chi connectivity index (χ1) is 10.6. The van der Waals surface area contributed by atoms with Crippen molar-refractivity contribution in [3.63, 3.8) is 0 Å². The number of furan rings is 1. The SMILES string of the molecule is CCc1ccc([C@@H](NC(=O)NCc2ccco2)C(C)C)cc1. The van der Waals surface area contributed by atoms with Crippen molar-refractivity contribution in [2.24, 2.45) is 5.92 Å². The second-order valence-electron chi connectivity index (χ2n) is 5.72. The number of amides is 2. The molecule has 22 heavy (non-hydrogen) atoms. The van der Waals surface area contributed by atoms with Gasteiger partial charge in [0.05, 0.1) is 18.8 Å². The largest absolute Gasteiger partial charge is 0.467 e. The van der Waals surface area contributed by atoms with Gasteiger partial charge in [-0.3, -0.25) is 0 Å². The van der Waals surface area contributed by atoms with E-state index in [-0.39, 0.29) is 12.1 Å². The number of carbonyl (C=O) groups is 1. The summed E-state index contributed by atoms with van der Waals surface area (Å²) >= 11 is 0. The van der Waals surface area contributed by atoms with Crippen LogP contribution in [0.3, 0.4) is 0 Å². The van der Waals surface area contributed by atoms with Crippen LogP contribution in [-0.4, -0.2) is 6.03 Å². The standard InChI is InChI=1S/C18H24N2O2/c1-4-14-7-9-15(10-8-14)17(13(2)3)20-18(21)19-12-16-6-5-11-22-16/h5-11,13,17H,4,12H2,1-3H3,(H2,19,20,21)/t17-/m0/s1. The molecule has 118 valence electrons. The molecule has 0 fully saturated rings. The molecule has 1 aromatic carbocycles. The van der Waals surface area contributed by atoms with E-state index < -0.39 is 0 Å². The van der Waals surface area contributed by atoms with Crippen molar-refractivity contribution in [3.8, 4) is 0 Å². The van der Waals surface area contributed by atoms with Gasteiger partial charge in [-0.15, -0.1) is 0 Å². The maximum Gasteiger partial charge on any atom is 0.315 e. The van der Waals surface area contributed by atoms with E-state index in [1.54, 1.807) is 12.3 Å². The Kier molecular flexibility index (Phi) is 5.64. The van der Waals surface area contributed by atoms with E-state index in [0.29, 0.717) is 12.5 Å².